The summed E-state index contributed by atoms with van der Waals surface area (Å²) in [7, 11) is 1.82. The van der Waals surface area contributed by atoms with Crippen LogP contribution in [0.2, 0.25) is 0 Å². The Morgan fingerprint density at radius 2 is 1.84 bits per heavy atom. The first-order valence-corrected chi connectivity index (χ1v) is 10.9. The third kappa shape index (κ3) is 3.54. The van der Waals surface area contributed by atoms with Crippen molar-refractivity contribution < 1.29 is 9.59 Å². The van der Waals surface area contributed by atoms with Gasteiger partial charge < -0.3 is 14.4 Å². The Kier molecular flexibility index (Phi) is 4.88. The molecule has 0 unspecified atom stereocenters. The van der Waals surface area contributed by atoms with Crippen LogP contribution in [-0.2, 0) is 0 Å². The zero-order chi connectivity index (χ0) is 21.5. The van der Waals surface area contributed by atoms with Crippen molar-refractivity contribution in [2.75, 3.05) is 38.1 Å². The molecule has 2 saturated heterocycles. The van der Waals surface area contributed by atoms with E-state index in [1.807, 2.05) is 59.1 Å². The maximum atomic E-state index is 12.9. The van der Waals surface area contributed by atoms with Crippen LogP contribution in [0.3, 0.4) is 0 Å². The van der Waals surface area contributed by atoms with Crippen LogP contribution in [0.4, 0.5) is 10.5 Å². The predicted octanol–water partition coefficient (Wildman–Crippen LogP) is 3.77. The molecular formula is C24H27N5O2. The molecule has 5 rings (SSSR count). The van der Waals surface area contributed by atoms with Gasteiger partial charge in [-0.2, -0.15) is 0 Å². The summed E-state index contributed by atoms with van der Waals surface area (Å²) in [6.07, 6.45) is 5.91. The number of benzene rings is 1. The SMILES string of the molecule is C[C@H]1CCCN(C(=O)c2cnc3c(ccn3-c3ccc(N4CCN(C)C4=O)cc3)c2)C1. The summed E-state index contributed by atoms with van der Waals surface area (Å²) in [6.45, 7) is 5.28. The number of anilines is 1. The molecule has 3 aromatic rings. The van der Waals surface area contributed by atoms with E-state index in [-0.39, 0.29) is 11.9 Å². The van der Waals surface area contributed by atoms with Crippen LogP contribution in [0.5, 0.6) is 0 Å². The van der Waals surface area contributed by atoms with Gasteiger partial charge in [0.25, 0.3) is 5.91 Å². The summed E-state index contributed by atoms with van der Waals surface area (Å²) in [4.78, 5) is 35.2. The number of carbonyl (C=O) groups is 2. The number of rotatable bonds is 3. The van der Waals surface area contributed by atoms with Crippen LogP contribution in [0.25, 0.3) is 16.7 Å². The van der Waals surface area contributed by atoms with Gasteiger partial charge in [-0.3, -0.25) is 9.69 Å². The summed E-state index contributed by atoms with van der Waals surface area (Å²) in [5.41, 5.74) is 3.32. The normalized spacial score (nSPS) is 19.5. The molecule has 0 bridgehead atoms. The van der Waals surface area contributed by atoms with Gasteiger partial charge in [0.1, 0.15) is 5.65 Å². The molecule has 0 spiro atoms. The van der Waals surface area contributed by atoms with Gasteiger partial charge in [0.15, 0.2) is 0 Å². The second-order valence-corrected chi connectivity index (χ2v) is 8.69. The van der Waals surface area contributed by atoms with E-state index in [2.05, 4.69) is 11.9 Å². The highest BCUT2D eigenvalue weighted by Gasteiger charge is 2.26. The second-order valence-electron chi connectivity index (χ2n) is 8.69. The molecule has 0 saturated carbocycles. The summed E-state index contributed by atoms with van der Waals surface area (Å²) < 4.78 is 2.01. The number of amides is 3. The van der Waals surface area contributed by atoms with Crippen molar-refractivity contribution in [2.45, 2.75) is 19.8 Å². The Balaban J connectivity index is 1.39. The van der Waals surface area contributed by atoms with Crippen molar-refractivity contribution in [1.29, 1.82) is 0 Å². The van der Waals surface area contributed by atoms with E-state index in [0.29, 0.717) is 18.0 Å². The minimum Gasteiger partial charge on any atom is -0.338 e. The van der Waals surface area contributed by atoms with Crippen molar-refractivity contribution in [3.05, 3.63) is 54.4 Å². The molecule has 31 heavy (non-hydrogen) atoms. The van der Waals surface area contributed by atoms with Crippen LogP contribution in [0.1, 0.15) is 30.1 Å². The predicted molar refractivity (Wildman–Crippen MR) is 121 cm³/mol. The number of piperidine rings is 1. The Labute approximate surface area is 181 Å². The molecule has 1 aromatic carbocycles. The lowest BCUT2D eigenvalue weighted by Crippen LogP contribution is -2.39. The number of carbonyl (C=O) groups excluding carboxylic acids is 2. The molecule has 2 aliphatic heterocycles. The third-order valence-electron chi connectivity index (χ3n) is 6.37. The number of hydrogen-bond acceptors (Lipinski definition) is 3. The van der Waals surface area contributed by atoms with E-state index in [0.717, 1.165) is 48.5 Å². The first kappa shape index (κ1) is 19.6. The highest BCUT2D eigenvalue weighted by atomic mass is 16.2. The quantitative estimate of drug-likeness (QED) is 0.652. The fraction of sp³-hybridized carbons (Fsp3) is 0.375. The average Bonchev–Trinajstić information content (AvgIpc) is 3.36. The standard InChI is InChI=1S/C24H27N5O2/c1-17-4-3-10-27(16-17)23(30)19-14-18-9-11-28(22(18)25-15-19)20-5-7-21(8-6-20)29-13-12-26(2)24(29)31/h5-9,11,14-15,17H,3-4,10,12-13,16H2,1-2H3/t17-/m0/s1. The molecule has 7 nitrogen and oxygen atoms in total. The number of likely N-dealkylation sites (tertiary alicyclic amines) is 1. The first-order valence-electron chi connectivity index (χ1n) is 10.9. The molecule has 4 heterocycles. The van der Waals surface area contributed by atoms with Gasteiger partial charge in [-0.25, -0.2) is 9.78 Å². The first-order chi connectivity index (χ1) is 15.0. The highest BCUT2D eigenvalue weighted by Crippen LogP contribution is 2.25. The lowest BCUT2D eigenvalue weighted by molar-refractivity contribution is 0.0683. The maximum absolute atomic E-state index is 12.9. The lowest BCUT2D eigenvalue weighted by atomic mass is 9.99. The fourth-order valence-corrected chi connectivity index (χ4v) is 4.59. The Hall–Kier alpha value is -3.35. The lowest BCUT2D eigenvalue weighted by Gasteiger charge is -2.30. The van der Waals surface area contributed by atoms with Crippen molar-refractivity contribution in [3.63, 3.8) is 0 Å². The van der Waals surface area contributed by atoms with E-state index >= 15 is 0 Å². The minimum absolute atomic E-state index is 0.0288. The van der Waals surface area contributed by atoms with Crippen molar-refractivity contribution >= 4 is 28.7 Å². The van der Waals surface area contributed by atoms with Gasteiger partial charge in [-0.15, -0.1) is 0 Å². The van der Waals surface area contributed by atoms with Crippen molar-refractivity contribution in [2.24, 2.45) is 5.92 Å². The molecule has 2 fully saturated rings. The number of likely N-dealkylation sites (N-methyl/N-ethyl adjacent to an activating group) is 1. The van der Waals surface area contributed by atoms with Gasteiger partial charge in [-0.05, 0) is 55.2 Å². The van der Waals surface area contributed by atoms with E-state index < -0.39 is 0 Å². The molecule has 2 aromatic heterocycles. The van der Waals surface area contributed by atoms with Gasteiger partial charge in [-0.1, -0.05) is 6.92 Å². The van der Waals surface area contributed by atoms with Gasteiger partial charge >= 0.3 is 6.03 Å². The largest absolute Gasteiger partial charge is 0.338 e. The minimum atomic E-state index is 0.0288. The maximum Gasteiger partial charge on any atom is 0.324 e. The van der Waals surface area contributed by atoms with Crippen molar-refractivity contribution in [3.8, 4) is 5.69 Å². The highest BCUT2D eigenvalue weighted by molar-refractivity contribution is 5.97. The molecular weight excluding hydrogens is 390 g/mol. The fourth-order valence-electron chi connectivity index (χ4n) is 4.59. The molecule has 0 radical (unpaired) electrons. The zero-order valence-corrected chi connectivity index (χ0v) is 18.0. The van der Waals surface area contributed by atoms with Gasteiger partial charge in [0.2, 0.25) is 0 Å². The molecule has 0 N–H and O–H groups in total. The second kappa shape index (κ2) is 7.72. The topological polar surface area (TPSA) is 61.7 Å². The molecule has 160 valence electrons. The summed E-state index contributed by atoms with van der Waals surface area (Å²) >= 11 is 0. The molecule has 1 atom stereocenters. The van der Waals surface area contributed by atoms with E-state index in [9.17, 15) is 9.59 Å². The summed E-state index contributed by atoms with van der Waals surface area (Å²) in [6, 6.07) is 11.9. The van der Waals surface area contributed by atoms with Crippen molar-refractivity contribution in [1.82, 2.24) is 19.4 Å². The van der Waals surface area contributed by atoms with E-state index in [4.69, 9.17) is 0 Å². The molecule has 0 aliphatic carbocycles. The Morgan fingerprint density at radius 3 is 2.55 bits per heavy atom. The van der Waals surface area contributed by atoms with Gasteiger partial charge in [0, 0.05) is 62.4 Å². The summed E-state index contributed by atoms with van der Waals surface area (Å²) in [5, 5.41) is 0.941. The van der Waals surface area contributed by atoms with Crippen LogP contribution in [0.15, 0.2) is 48.8 Å². The van der Waals surface area contributed by atoms with E-state index in [1.54, 1.807) is 16.0 Å². The molecule has 2 aliphatic rings. The smallest absolute Gasteiger partial charge is 0.324 e. The Bertz CT molecular complexity index is 1140. The monoisotopic (exact) mass is 417 g/mol. The molecule has 3 amide bonds. The van der Waals surface area contributed by atoms with E-state index in [1.165, 1.54) is 6.42 Å². The zero-order valence-electron chi connectivity index (χ0n) is 18.0. The van der Waals surface area contributed by atoms with Gasteiger partial charge in [0.05, 0.1) is 5.56 Å². The number of pyridine rings is 1. The third-order valence-corrected chi connectivity index (χ3v) is 6.37. The molecule has 7 heteroatoms. The average molecular weight is 418 g/mol. The summed E-state index contributed by atoms with van der Waals surface area (Å²) in [5.74, 6) is 0.619. The number of hydrogen-bond donors (Lipinski definition) is 0. The number of fused-ring (bicyclic) bond motifs is 1. The Morgan fingerprint density at radius 1 is 1.06 bits per heavy atom. The van der Waals surface area contributed by atoms with Crippen LogP contribution >= 0.6 is 0 Å². The van der Waals surface area contributed by atoms with Crippen LogP contribution in [-0.4, -0.2) is 64.5 Å². The number of urea groups is 1. The number of aromatic nitrogens is 2. The number of nitrogens with zero attached hydrogens (tertiary/aromatic N) is 5. The van der Waals surface area contributed by atoms with Crippen LogP contribution in [0, 0.1) is 5.92 Å². The van der Waals surface area contributed by atoms with Crippen LogP contribution < -0.4 is 4.90 Å².